The number of para-hydroxylation sites is 1. The lowest BCUT2D eigenvalue weighted by Gasteiger charge is -2.20. The van der Waals surface area contributed by atoms with Gasteiger partial charge in [0.2, 0.25) is 0 Å². The van der Waals surface area contributed by atoms with E-state index in [4.69, 9.17) is 4.74 Å². The van der Waals surface area contributed by atoms with E-state index in [1.807, 2.05) is 78.9 Å². The molecule has 3 aromatic rings. The number of carboxylic acids is 1. The molecular formula is C24H24O3S. The third-order valence-electron chi connectivity index (χ3n) is 4.43. The molecule has 0 spiro atoms. The maximum atomic E-state index is 11.9. The molecule has 0 heterocycles. The molecular weight excluding hydrogens is 368 g/mol. The van der Waals surface area contributed by atoms with Gasteiger partial charge in [-0.3, -0.25) is 0 Å². The summed E-state index contributed by atoms with van der Waals surface area (Å²) in [6.07, 6.45) is -0.643. The summed E-state index contributed by atoms with van der Waals surface area (Å²) in [5.74, 6) is -0.0669. The molecule has 1 unspecified atom stereocenters. The number of carbonyl (C=O) groups is 1. The van der Waals surface area contributed by atoms with Gasteiger partial charge in [-0.1, -0.05) is 80.2 Å². The Kier molecular flexibility index (Phi) is 6.77. The molecule has 1 N–H and O–H groups in total. The molecule has 4 heteroatoms. The lowest BCUT2D eigenvalue weighted by molar-refractivity contribution is -0.145. The summed E-state index contributed by atoms with van der Waals surface area (Å²) in [5, 5.41) is 9.77. The van der Waals surface area contributed by atoms with Gasteiger partial charge in [0.15, 0.2) is 6.10 Å². The van der Waals surface area contributed by atoms with Crippen molar-refractivity contribution in [3.63, 3.8) is 0 Å². The van der Waals surface area contributed by atoms with Crippen molar-refractivity contribution in [1.82, 2.24) is 0 Å². The molecule has 0 aliphatic carbocycles. The van der Waals surface area contributed by atoms with Crippen LogP contribution in [0.5, 0.6) is 5.75 Å². The molecule has 144 valence electrons. The molecule has 0 saturated heterocycles. The van der Waals surface area contributed by atoms with Crippen LogP contribution in [0.4, 0.5) is 0 Å². The van der Waals surface area contributed by atoms with Crippen molar-refractivity contribution in [1.29, 1.82) is 0 Å². The first-order chi connectivity index (χ1) is 13.5. The highest BCUT2D eigenvalue weighted by atomic mass is 32.2. The van der Waals surface area contributed by atoms with E-state index < -0.39 is 12.1 Å². The zero-order valence-corrected chi connectivity index (χ0v) is 16.9. The third kappa shape index (κ3) is 5.17. The van der Waals surface area contributed by atoms with Crippen LogP contribution in [0.25, 0.3) is 0 Å². The van der Waals surface area contributed by atoms with Crippen molar-refractivity contribution < 1.29 is 14.6 Å². The molecule has 0 radical (unpaired) electrons. The predicted molar refractivity (Wildman–Crippen MR) is 113 cm³/mol. The van der Waals surface area contributed by atoms with Gasteiger partial charge < -0.3 is 9.84 Å². The molecule has 0 aromatic heterocycles. The lowest BCUT2D eigenvalue weighted by Crippen LogP contribution is -2.30. The van der Waals surface area contributed by atoms with Crippen LogP contribution in [-0.2, 0) is 11.2 Å². The third-order valence-corrected chi connectivity index (χ3v) is 5.56. The van der Waals surface area contributed by atoms with Crippen LogP contribution in [0.15, 0.2) is 88.7 Å². The van der Waals surface area contributed by atoms with Crippen molar-refractivity contribution in [3.05, 3.63) is 90.0 Å². The Morgan fingerprint density at radius 3 is 2.29 bits per heavy atom. The van der Waals surface area contributed by atoms with Crippen LogP contribution in [0.2, 0.25) is 0 Å². The van der Waals surface area contributed by atoms with Gasteiger partial charge in [-0.25, -0.2) is 4.79 Å². The van der Waals surface area contributed by atoms with E-state index in [0.717, 1.165) is 20.9 Å². The van der Waals surface area contributed by atoms with Gasteiger partial charge in [0.1, 0.15) is 5.75 Å². The maximum absolute atomic E-state index is 11.9. The van der Waals surface area contributed by atoms with E-state index in [1.54, 1.807) is 11.8 Å². The van der Waals surface area contributed by atoms with Crippen molar-refractivity contribution in [2.45, 2.75) is 42.1 Å². The molecule has 28 heavy (non-hydrogen) atoms. The second kappa shape index (κ2) is 9.47. The molecule has 0 bridgehead atoms. The molecule has 0 saturated carbocycles. The standard InChI is InChI=1S/C24H24O3S/c1-17(2)20-13-7-8-14-21(20)27-22(24(25)26)16-18-10-6-9-15-23(18)28-19-11-4-3-5-12-19/h3-15,17,22H,16H2,1-2H3,(H,25,26). The van der Waals surface area contributed by atoms with Gasteiger partial charge in [0, 0.05) is 16.2 Å². The minimum Gasteiger partial charge on any atom is -0.478 e. The fraction of sp³-hybridized carbons (Fsp3) is 0.208. The van der Waals surface area contributed by atoms with E-state index in [-0.39, 0.29) is 5.92 Å². The van der Waals surface area contributed by atoms with Gasteiger partial charge in [0.25, 0.3) is 0 Å². The Hall–Kier alpha value is -2.72. The highest BCUT2D eigenvalue weighted by molar-refractivity contribution is 7.99. The normalized spacial score (nSPS) is 12.0. The van der Waals surface area contributed by atoms with Gasteiger partial charge in [0.05, 0.1) is 0 Å². The predicted octanol–water partition coefficient (Wildman–Crippen LogP) is 6.04. The minimum atomic E-state index is -0.960. The Morgan fingerprint density at radius 1 is 0.929 bits per heavy atom. The van der Waals surface area contributed by atoms with E-state index in [9.17, 15) is 9.90 Å². The van der Waals surface area contributed by atoms with Crippen molar-refractivity contribution in [2.24, 2.45) is 0 Å². The fourth-order valence-corrected chi connectivity index (χ4v) is 3.96. The molecule has 3 nitrogen and oxygen atoms in total. The number of rotatable bonds is 8. The van der Waals surface area contributed by atoms with Gasteiger partial charge in [-0.15, -0.1) is 0 Å². The van der Waals surface area contributed by atoms with E-state index >= 15 is 0 Å². The molecule has 0 fully saturated rings. The number of aliphatic carboxylic acids is 1. The summed E-state index contributed by atoms with van der Waals surface area (Å²) in [6.45, 7) is 4.15. The Bertz CT molecular complexity index is 922. The van der Waals surface area contributed by atoms with E-state index in [2.05, 4.69) is 13.8 Å². The first kappa shape index (κ1) is 20.0. The van der Waals surface area contributed by atoms with E-state index in [1.165, 1.54) is 0 Å². The summed E-state index contributed by atoms with van der Waals surface area (Å²) in [6, 6.07) is 25.6. The second-order valence-corrected chi connectivity index (χ2v) is 7.98. The highest BCUT2D eigenvalue weighted by Gasteiger charge is 2.23. The van der Waals surface area contributed by atoms with Crippen molar-refractivity contribution in [2.75, 3.05) is 0 Å². The summed E-state index contributed by atoms with van der Waals surface area (Å²) in [7, 11) is 0. The smallest absolute Gasteiger partial charge is 0.345 e. The van der Waals surface area contributed by atoms with Crippen molar-refractivity contribution >= 4 is 17.7 Å². The number of ether oxygens (including phenoxy) is 1. The largest absolute Gasteiger partial charge is 0.478 e. The maximum Gasteiger partial charge on any atom is 0.345 e. The van der Waals surface area contributed by atoms with Crippen LogP contribution in [-0.4, -0.2) is 17.2 Å². The Balaban J connectivity index is 1.83. The number of benzene rings is 3. The number of hydrogen-bond donors (Lipinski definition) is 1. The topological polar surface area (TPSA) is 46.5 Å². The molecule has 0 aliphatic heterocycles. The summed E-state index contributed by atoms with van der Waals surface area (Å²) < 4.78 is 5.97. The first-order valence-electron chi connectivity index (χ1n) is 9.34. The summed E-state index contributed by atoms with van der Waals surface area (Å²) in [4.78, 5) is 14.1. The SMILES string of the molecule is CC(C)c1ccccc1OC(Cc1ccccc1Sc1ccccc1)C(=O)O. The fourth-order valence-electron chi connectivity index (χ4n) is 2.98. The molecule has 1 atom stereocenters. The Labute approximate surface area is 170 Å². The molecule has 3 aromatic carbocycles. The lowest BCUT2D eigenvalue weighted by atomic mass is 10.0. The van der Waals surface area contributed by atoms with Crippen molar-refractivity contribution in [3.8, 4) is 5.75 Å². The summed E-state index contributed by atoms with van der Waals surface area (Å²) >= 11 is 1.63. The number of hydrogen-bond acceptors (Lipinski definition) is 3. The molecule has 0 aliphatic rings. The monoisotopic (exact) mass is 392 g/mol. The second-order valence-electron chi connectivity index (χ2n) is 6.86. The van der Waals surface area contributed by atoms with Gasteiger partial charge in [-0.05, 0) is 41.3 Å². The van der Waals surface area contributed by atoms with Crippen LogP contribution in [0, 0.1) is 0 Å². The van der Waals surface area contributed by atoms with E-state index in [0.29, 0.717) is 12.2 Å². The zero-order valence-electron chi connectivity index (χ0n) is 16.0. The quantitative estimate of drug-likeness (QED) is 0.508. The Morgan fingerprint density at radius 2 is 1.57 bits per heavy atom. The average molecular weight is 393 g/mol. The molecule has 0 amide bonds. The average Bonchev–Trinajstić information content (AvgIpc) is 2.70. The minimum absolute atomic E-state index is 0.256. The molecule has 3 rings (SSSR count). The van der Waals surface area contributed by atoms with Crippen LogP contribution < -0.4 is 4.74 Å². The summed E-state index contributed by atoms with van der Waals surface area (Å²) in [5.41, 5.74) is 1.98. The van der Waals surface area contributed by atoms with Gasteiger partial charge in [-0.2, -0.15) is 0 Å². The zero-order chi connectivity index (χ0) is 19.9. The first-order valence-corrected chi connectivity index (χ1v) is 10.2. The number of carboxylic acid groups (broad SMARTS) is 1. The highest BCUT2D eigenvalue weighted by Crippen LogP contribution is 2.32. The van der Waals surface area contributed by atoms with Crippen LogP contribution >= 0.6 is 11.8 Å². The van der Waals surface area contributed by atoms with Crippen LogP contribution in [0.1, 0.15) is 30.9 Å². The van der Waals surface area contributed by atoms with Crippen LogP contribution in [0.3, 0.4) is 0 Å². The van der Waals surface area contributed by atoms with Gasteiger partial charge >= 0.3 is 5.97 Å².